The van der Waals surface area contributed by atoms with Crippen molar-refractivity contribution >= 4 is 21.9 Å². The van der Waals surface area contributed by atoms with E-state index in [4.69, 9.17) is 10.5 Å². The molecule has 0 bridgehead atoms. The minimum Gasteiger partial charge on any atom is -0.465 e. The lowest BCUT2D eigenvalue weighted by Crippen LogP contribution is -2.12. The molecule has 0 saturated carbocycles. The zero-order chi connectivity index (χ0) is 11.1. The first kappa shape index (κ1) is 12.2. The molecule has 1 aromatic rings. The Hall–Kier alpha value is -0.870. The van der Waals surface area contributed by atoms with E-state index in [9.17, 15) is 4.79 Å². The number of carbonyl (C=O) groups is 1. The largest absolute Gasteiger partial charge is 0.465 e. The SMILES string of the molecule is NCCC(=O)OCCc1cccc(Br)c1. The van der Waals surface area contributed by atoms with Gasteiger partial charge in [-0.1, -0.05) is 28.1 Å². The van der Waals surface area contributed by atoms with Gasteiger partial charge in [-0.15, -0.1) is 0 Å². The van der Waals surface area contributed by atoms with Gasteiger partial charge in [0.1, 0.15) is 0 Å². The summed E-state index contributed by atoms with van der Waals surface area (Å²) in [5.41, 5.74) is 6.37. The molecule has 0 amide bonds. The van der Waals surface area contributed by atoms with Gasteiger partial charge in [-0.25, -0.2) is 0 Å². The first-order valence-electron chi connectivity index (χ1n) is 4.82. The highest BCUT2D eigenvalue weighted by Gasteiger charge is 2.00. The van der Waals surface area contributed by atoms with Gasteiger partial charge in [0.15, 0.2) is 0 Å². The summed E-state index contributed by atoms with van der Waals surface area (Å²) in [5, 5.41) is 0. The monoisotopic (exact) mass is 271 g/mol. The Morgan fingerprint density at radius 1 is 1.47 bits per heavy atom. The summed E-state index contributed by atoms with van der Waals surface area (Å²) in [6.07, 6.45) is 1.02. The number of hydrogen-bond donors (Lipinski definition) is 1. The fraction of sp³-hybridized carbons (Fsp3) is 0.364. The van der Waals surface area contributed by atoms with Gasteiger partial charge in [-0.2, -0.15) is 0 Å². The molecule has 15 heavy (non-hydrogen) atoms. The molecule has 0 fully saturated rings. The maximum absolute atomic E-state index is 11.0. The van der Waals surface area contributed by atoms with Crippen molar-refractivity contribution in [3.63, 3.8) is 0 Å². The molecule has 0 unspecified atom stereocenters. The van der Waals surface area contributed by atoms with E-state index in [-0.39, 0.29) is 5.97 Å². The number of benzene rings is 1. The second-order valence-corrected chi connectivity index (χ2v) is 4.05. The van der Waals surface area contributed by atoms with Crippen molar-refractivity contribution in [2.75, 3.05) is 13.2 Å². The highest BCUT2D eigenvalue weighted by atomic mass is 79.9. The molecule has 0 aliphatic carbocycles. The van der Waals surface area contributed by atoms with Crippen molar-refractivity contribution in [1.29, 1.82) is 0 Å². The molecule has 0 radical (unpaired) electrons. The van der Waals surface area contributed by atoms with E-state index in [1.54, 1.807) is 0 Å². The van der Waals surface area contributed by atoms with Crippen molar-refractivity contribution in [2.24, 2.45) is 5.73 Å². The van der Waals surface area contributed by atoms with E-state index >= 15 is 0 Å². The van der Waals surface area contributed by atoms with Crippen molar-refractivity contribution in [1.82, 2.24) is 0 Å². The maximum Gasteiger partial charge on any atom is 0.307 e. The summed E-state index contributed by atoms with van der Waals surface area (Å²) in [6.45, 7) is 0.755. The summed E-state index contributed by atoms with van der Waals surface area (Å²) in [5.74, 6) is -0.229. The van der Waals surface area contributed by atoms with Gasteiger partial charge in [0, 0.05) is 17.4 Å². The zero-order valence-electron chi connectivity index (χ0n) is 8.41. The molecule has 0 aliphatic heterocycles. The molecule has 1 rings (SSSR count). The Morgan fingerprint density at radius 2 is 2.27 bits per heavy atom. The molecule has 0 saturated heterocycles. The van der Waals surface area contributed by atoms with E-state index in [2.05, 4.69) is 15.9 Å². The Labute approximate surface area is 97.7 Å². The van der Waals surface area contributed by atoms with Crippen molar-refractivity contribution in [3.05, 3.63) is 34.3 Å². The predicted octanol–water partition coefficient (Wildman–Crippen LogP) is 1.88. The third-order valence-corrected chi connectivity index (χ3v) is 2.38. The predicted molar refractivity (Wildman–Crippen MR) is 62.5 cm³/mol. The fourth-order valence-electron chi connectivity index (χ4n) is 1.17. The Bertz CT molecular complexity index is 328. The highest BCUT2D eigenvalue weighted by molar-refractivity contribution is 9.10. The third-order valence-electron chi connectivity index (χ3n) is 1.89. The van der Waals surface area contributed by atoms with Crippen LogP contribution in [0.1, 0.15) is 12.0 Å². The van der Waals surface area contributed by atoms with Crippen LogP contribution < -0.4 is 5.73 Å². The lowest BCUT2D eigenvalue weighted by atomic mass is 10.2. The average Bonchev–Trinajstić information content (AvgIpc) is 2.18. The molecule has 0 spiro atoms. The first-order valence-corrected chi connectivity index (χ1v) is 5.62. The van der Waals surface area contributed by atoms with Crippen LogP contribution in [0, 0.1) is 0 Å². The summed E-state index contributed by atoms with van der Waals surface area (Å²) in [7, 11) is 0. The molecule has 0 aromatic heterocycles. The number of halogens is 1. The minimum absolute atomic E-state index is 0.229. The summed E-state index contributed by atoms with van der Waals surface area (Å²) in [4.78, 5) is 11.0. The first-order chi connectivity index (χ1) is 7.22. The summed E-state index contributed by atoms with van der Waals surface area (Å²) in [6, 6.07) is 7.93. The van der Waals surface area contributed by atoms with Gasteiger partial charge in [-0.3, -0.25) is 4.79 Å². The minimum atomic E-state index is -0.229. The molecule has 4 heteroatoms. The van der Waals surface area contributed by atoms with Gasteiger partial charge in [-0.05, 0) is 17.7 Å². The zero-order valence-corrected chi connectivity index (χ0v) is 10.00. The quantitative estimate of drug-likeness (QED) is 0.833. The van der Waals surface area contributed by atoms with Crippen LogP contribution in [0.4, 0.5) is 0 Å². The van der Waals surface area contributed by atoms with Crippen LogP contribution in [-0.2, 0) is 16.0 Å². The van der Waals surface area contributed by atoms with Crippen LogP contribution in [-0.4, -0.2) is 19.1 Å². The van der Waals surface area contributed by atoms with Gasteiger partial charge < -0.3 is 10.5 Å². The number of rotatable bonds is 5. The number of ether oxygens (including phenoxy) is 1. The molecule has 0 aliphatic rings. The molecule has 1 aromatic carbocycles. The highest BCUT2D eigenvalue weighted by Crippen LogP contribution is 2.11. The normalized spacial score (nSPS) is 10.0. The Morgan fingerprint density at radius 3 is 2.93 bits per heavy atom. The second-order valence-electron chi connectivity index (χ2n) is 3.14. The lowest BCUT2D eigenvalue weighted by Gasteiger charge is -2.04. The van der Waals surface area contributed by atoms with E-state index in [0.717, 1.165) is 16.5 Å². The van der Waals surface area contributed by atoms with Gasteiger partial charge in [0.2, 0.25) is 0 Å². The molecular formula is C11H14BrNO2. The average molecular weight is 272 g/mol. The van der Waals surface area contributed by atoms with Crippen LogP contribution in [0.15, 0.2) is 28.7 Å². The number of nitrogens with two attached hydrogens (primary N) is 1. The lowest BCUT2D eigenvalue weighted by molar-refractivity contribution is -0.143. The Kier molecular flexibility index (Phi) is 5.36. The Balaban J connectivity index is 2.28. The van der Waals surface area contributed by atoms with Crippen LogP contribution in [0.25, 0.3) is 0 Å². The smallest absolute Gasteiger partial charge is 0.307 e. The molecule has 0 atom stereocenters. The van der Waals surface area contributed by atoms with Crippen molar-refractivity contribution < 1.29 is 9.53 Å². The van der Waals surface area contributed by atoms with Crippen LogP contribution in [0.3, 0.4) is 0 Å². The van der Waals surface area contributed by atoms with Crippen LogP contribution in [0.2, 0.25) is 0 Å². The van der Waals surface area contributed by atoms with Gasteiger partial charge in [0.05, 0.1) is 13.0 Å². The summed E-state index contributed by atoms with van der Waals surface area (Å²) < 4.78 is 6.03. The van der Waals surface area contributed by atoms with E-state index < -0.39 is 0 Å². The van der Waals surface area contributed by atoms with E-state index in [0.29, 0.717) is 19.6 Å². The molecule has 2 N–H and O–H groups in total. The van der Waals surface area contributed by atoms with Gasteiger partial charge >= 0.3 is 5.97 Å². The van der Waals surface area contributed by atoms with E-state index in [1.807, 2.05) is 24.3 Å². The number of esters is 1. The third kappa shape index (κ3) is 4.95. The standard InChI is InChI=1S/C11H14BrNO2/c12-10-3-1-2-9(8-10)5-7-15-11(14)4-6-13/h1-3,8H,4-7,13H2. The summed E-state index contributed by atoms with van der Waals surface area (Å²) >= 11 is 3.38. The van der Waals surface area contributed by atoms with Crippen LogP contribution >= 0.6 is 15.9 Å². The van der Waals surface area contributed by atoms with Gasteiger partial charge in [0.25, 0.3) is 0 Å². The molecule has 0 heterocycles. The number of hydrogen-bond acceptors (Lipinski definition) is 3. The van der Waals surface area contributed by atoms with Crippen LogP contribution in [0.5, 0.6) is 0 Å². The number of carbonyl (C=O) groups excluding carboxylic acids is 1. The molecule has 82 valence electrons. The van der Waals surface area contributed by atoms with E-state index in [1.165, 1.54) is 0 Å². The topological polar surface area (TPSA) is 52.3 Å². The molecular weight excluding hydrogens is 258 g/mol. The fourth-order valence-corrected chi connectivity index (χ4v) is 1.61. The van der Waals surface area contributed by atoms with Crippen molar-refractivity contribution in [2.45, 2.75) is 12.8 Å². The maximum atomic E-state index is 11.0. The van der Waals surface area contributed by atoms with Crippen molar-refractivity contribution in [3.8, 4) is 0 Å². The molecule has 3 nitrogen and oxygen atoms in total. The second kappa shape index (κ2) is 6.58.